The maximum absolute atomic E-state index is 12.4. The molecule has 0 fully saturated rings. The fraction of sp³-hybridized carbons (Fsp3) is 0.200. The van der Waals surface area contributed by atoms with Crippen LogP contribution in [0.1, 0.15) is 16.7 Å². The molecule has 126 valence electrons. The van der Waals surface area contributed by atoms with Crippen LogP contribution in [0.25, 0.3) is 6.08 Å². The van der Waals surface area contributed by atoms with Crippen molar-refractivity contribution in [3.05, 3.63) is 58.7 Å². The molecule has 0 saturated heterocycles. The molecular weight excluding hydrogens is 316 g/mol. The third-order valence-corrected chi connectivity index (χ3v) is 3.88. The summed E-state index contributed by atoms with van der Waals surface area (Å²) in [5, 5.41) is 12.2. The minimum atomic E-state index is -0.439. The first kappa shape index (κ1) is 16.6. The van der Waals surface area contributed by atoms with E-state index in [0.717, 1.165) is 11.1 Å². The molecule has 1 aliphatic heterocycles. The van der Waals surface area contributed by atoms with E-state index in [0.29, 0.717) is 36.0 Å². The van der Waals surface area contributed by atoms with Crippen LogP contribution < -0.4 is 14.8 Å². The largest absolute Gasteiger partial charge is 0.486 e. The van der Waals surface area contributed by atoms with Gasteiger partial charge < -0.3 is 14.8 Å². The van der Waals surface area contributed by atoms with E-state index in [9.17, 15) is 10.1 Å². The molecule has 3 rings (SSSR count). The van der Waals surface area contributed by atoms with Crippen molar-refractivity contribution in [2.24, 2.45) is 0 Å². The number of anilines is 1. The van der Waals surface area contributed by atoms with Gasteiger partial charge in [-0.05, 0) is 54.8 Å². The maximum atomic E-state index is 12.4. The monoisotopic (exact) mass is 334 g/mol. The summed E-state index contributed by atoms with van der Waals surface area (Å²) in [6, 6.07) is 13.1. The predicted octanol–water partition coefficient (Wildman–Crippen LogP) is 3.62. The SMILES string of the molecule is Cc1ccc(C)c(NC(=O)/C(C#N)=C/c2ccc3c(c2)OCCO3)c1. The molecule has 0 radical (unpaired) electrons. The molecule has 0 atom stereocenters. The Hall–Kier alpha value is -3.26. The minimum absolute atomic E-state index is 0.0255. The van der Waals surface area contributed by atoms with E-state index >= 15 is 0 Å². The van der Waals surface area contributed by atoms with Crippen molar-refractivity contribution in [2.45, 2.75) is 13.8 Å². The Labute approximate surface area is 146 Å². The van der Waals surface area contributed by atoms with E-state index in [1.807, 2.05) is 38.1 Å². The Kier molecular flexibility index (Phi) is 4.71. The molecule has 1 heterocycles. The van der Waals surface area contributed by atoms with Crippen LogP contribution in [0.3, 0.4) is 0 Å². The van der Waals surface area contributed by atoms with E-state index in [1.165, 1.54) is 0 Å². The molecule has 1 aliphatic rings. The van der Waals surface area contributed by atoms with E-state index in [1.54, 1.807) is 24.3 Å². The first-order valence-corrected chi connectivity index (χ1v) is 7.97. The average molecular weight is 334 g/mol. The molecule has 5 nitrogen and oxygen atoms in total. The van der Waals surface area contributed by atoms with Crippen molar-refractivity contribution in [2.75, 3.05) is 18.5 Å². The summed E-state index contributed by atoms with van der Waals surface area (Å²) in [5.74, 6) is 0.847. The minimum Gasteiger partial charge on any atom is -0.486 e. The predicted molar refractivity (Wildman–Crippen MR) is 95.6 cm³/mol. The molecule has 1 amide bonds. The van der Waals surface area contributed by atoms with Crippen LogP contribution in [0.2, 0.25) is 0 Å². The van der Waals surface area contributed by atoms with Gasteiger partial charge in [-0.1, -0.05) is 18.2 Å². The van der Waals surface area contributed by atoms with Crippen molar-refractivity contribution >= 4 is 17.7 Å². The Bertz CT molecular complexity index is 894. The number of carbonyl (C=O) groups is 1. The van der Waals surface area contributed by atoms with Gasteiger partial charge in [0.2, 0.25) is 0 Å². The van der Waals surface area contributed by atoms with Crippen molar-refractivity contribution in [1.29, 1.82) is 5.26 Å². The zero-order valence-corrected chi connectivity index (χ0v) is 14.1. The lowest BCUT2D eigenvalue weighted by molar-refractivity contribution is -0.112. The fourth-order valence-electron chi connectivity index (χ4n) is 2.53. The van der Waals surface area contributed by atoms with Crippen molar-refractivity contribution in [1.82, 2.24) is 0 Å². The number of benzene rings is 2. The molecule has 25 heavy (non-hydrogen) atoms. The molecule has 0 saturated carbocycles. The number of ether oxygens (including phenoxy) is 2. The first-order chi connectivity index (χ1) is 12.1. The molecule has 2 aromatic rings. The van der Waals surface area contributed by atoms with Gasteiger partial charge >= 0.3 is 0 Å². The number of nitrogens with one attached hydrogen (secondary N) is 1. The van der Waals surface area contributed by atoms with Crippen LogP contribution in [0.5, 0.6) is 11.5 Å². The fourth-order valence-corrected chi connectivity index (χ4v) is 2.53. The number of amides is 1. The Morgan fingerprint density at radius 3 is 2.64 bits per heavy atom. The lowest BCUT2D eigenvalue weighted by Crippen LogP contribution is -2.15. The normalized spacial score (nSPS) is 13.1. The zero-order chi connectivity index (χ0) is 17.8. The summed E-state index contributed by atoms with van der Waals surface area (Å²) in [4.78, 5) is 12.4. The van der Waals surface area contributed by atoms with E-state index in [2.05, 4.69) is 5.32 Å². The molecule has 0 aliphatic carbocycles. The molecule has 1 N–H and O–H groups in total. The van der Waals surface area contributed by atoms with Gasteiger partial charge in [-0.15, -0.1) is 0 Å². The van der Waals surface area contributed by atoms with Crippen LogP contribution in [0.15, 0.2) is 42.0 Å². The van der Waals surface area contributed by atoms with Crippen LogP contribution in [0.4, 0.5) is 5.69 Å². The molecule has 2 aromatic carbocycles. The molecule has 0 unspecified atom stereocenters. The van der Waals surface area contributed by atoms with Gasteiger partial charge in [0.05, 0.1) is 0 Å². The van der Waals surface area contributed by atoms with Gasteiger partial charge in [-0.25, -0.2) is 0 Å². The lowest BCUT2D eigenvalue weighted by Gasteiger charge is -2.18. The quantitative estimate of drug-likeness (QED) is 0.687. The highest BCUT2D eigenvalue weighted by Gasteiger charge is 2.14. The second-order valence-corrected chi connectivity index (χ2v) is 5.85. The van der Waals surface area contributed by atoms with Crippen LogP contribution in [-0.4, -0.2) is 19.1 Å². The molecule has 0 aromatic heterocycles. The van der Waals surface area contributed by atoms with E-state index < -0.39 is 5.91 Å². The molecular formula is C20H18N2O3. The number of fused-ring (bicyclic) bond motifs is 1. The van der Waals surface area contributed by atoms with Crippen LogP contribution in [-0.2, 0) is 4.79 Å². The Morgan fingerprint density at radius 1 is 1.12 bits per heavy atom. The number of hydrogen-bond donors (Lipinski definition) is 1. The highest BCUT2D eigenvalue weighted by atomic mass is 16.6. The number of nitriles is 1. The number of hydrogen-bond acceptors (Lipinski definition) is 4. The zero-order valence-electron chi connectivity index (χ0n) is 14.1. The standard InChI is InChI=1S/C20H18N2O3/c1-13-3-4-14(2)17(9-13)22-20(23)16(12-21)10-15-5-6-18-19(11-15)25-8-7-24-18/h3-6,9-11H,7-8H2,1-2H3,(H,22,23)/b16-10+. The molecule has 0 bridgehead atoms. The third kappa shape index (κ3) is 3.81. The second-order valence-electron chi connectivity index (χ2n) is 5.85. The first-order valence-electron chi connectivity index (χ1n) is 7.97. The average Bonchev–Trinajstić information content (AvgIpc) is 2.62. The number of aryl methyl sites for hydroxylation is 2. The second kappa shape index (κ2) is 7.10. The van der Waals surface area contributed by atoms with E-state index in [4.69, 9.17) is 9.47 Å². The van der Waals surface area contributed by atoms with Gasteiger partial charge in [0.15, 0.2) is 11.5 Å². The third-order valence-electron chi connectivity index (χ3n) is 3.88. The Balaban J connectivity index is 1.84. The number of carbonyl (C=O) groups excluding carboxylic acids is 1. The van der Waals surface area contributed by atoms with Gasteiger partial charge in [0.25, 0.3) is 5.91 Å². The van der Waals surface area contributed by atoms with Crippen molar-refractivity contribution in [3.8, 4) is 17.6 Å². The number of rotatable bonds is 3. The summed E-state index contributed by atoms with van der Waals surface area (Å²) >= 11 is 0. The smallest absolute Gasteiger partial charge is 0.266 e. The summed E-state index contributed by atoms with van der Waals surface area (Å²) in [7, 11) is 0. The highest BCUT2D eigenvalue weighted by Crippen LogP contribution is 2.31. The van der Waals surface area contributed by atoms with Gasteiger partial charge in [-0.2, -0.15) is 5.26 Å². The van der Waals surface area contributed by atoms with E-state index in [-0.39, 0.29) is 5.57 Å². The van der Waals surface area contributed by atoms with Crippen molar-refractivity contribution < 1.29 is 14.3 Å². The maximum Gasteiger partial charge on any atom is 0.266 e. The van der Waals surface area contributed by atoms with Crippen LogP contribution >= 0.6 is 0 Å². The summed E-state index contributed by atoms with van der Waals surface area (Å²) < 4.78 is 11.0. The molecule has 5 heteroatoms. The van der Waals surface area contributed by atoms with Gasteiger partial charge in [0.1, 0.15) is 24.9 Å². The highest BCUT2D eigenvalue weighted by molar-refractivity contribution is 6.10. The lowest BCUT2D eigenvalue weighted by atomic mass is 10.1. The summed E-state index contributed by atoms with van der Waals surface area (Å²) in [5.41, 5.74) is 3.41. The number of nitrogens with zero attached hydrogens (tertiary/aromatic N) is 1. The molecule has 0 spiro atoms. The van der Waals surface area contributed by atoms with Gasteiger partial charge in [0, 0.05) is 5.69 Å². The van der Waals surface area contributed by atoms with Gasteiger partial charge in [-0.3, -0.25) is 4.79 Å². The summed E-state index contributed by atoms with van der Waals surface area (Å²) in [6.07, 6.45) is 1.54. The van der Waals surface area contributed by atoms with Crippen LogP contribution in [0, 0.1) is 25.2 Å². The topological polar surface area (TPSA) is 71.4 Å². The Morgan fingerprint density at radius 2 is 1.88 bits per heavy atom. The summed E-state index contributed by atoms with van der Waals surface area (Å²) in [6.45, 7) is 4.86. The van der Waals surface area contributed by atoms with Crippen molar-refractivity contribution in [3.63, 3.8) is 0 Å².